The van der Waals surface area contributed by atoms with Crippen LogP contribution >= 0.6 is 0 Å². The van der Waals surface area contributed by atoms with Crippen molar-refractivity contribution >= 4 is 11.6 Å². The van der Waals surface area contributed by atoms with E-state index in [1.165, 1.54) is 0 Å². The molecule has 0 radical (unpaired) electrons. The lowest BCUT2D eigenvalue weighted by atomic mass is 10.2. The van der Waals surface area contributed by atoms with Crippen molar-refractivity contribution in [1.29, 1.82) is 0 Å². The van der Waals surface area contributed by atoms with Gasteiger partial charge in [0.2, 0.25) is 5.95 Å². The van der Waals surface area contributed by atoms with Gasteiger partial charge in [0, 0.05) is 32.9 Å². The fourth-order valence-electron chi connectivity index (χ4n) is 2.15. The molecule has 0 amide bonds. The first-order valence-corrected chi connectivity index (χ1v) is 6.70. The zero-order valence-corrected chi connectivity index (χ0v) is 13.2. The molecule has 1 heterocycles. The van der Waals surface area contributed by atoms with E-state index in [9.17, 15) is 0 Å². The second-order valence-corrected chi connectivity index (χ2v) is 4.93. The first kappa shape index (κ1) is 15.0. The fourth-order valence-corrected chi connectivity index (χ4v) is 2.15. The van der Waals surface area contributed by atoms with Crippen LogP contribution in [0.15, 0.2) is 24.4 Å². The average Bonchev–Trinajstić information content (AvgIpc) is 2.86. The van der Waals surface area contributed by atoms with Crippen molar-refractivity contribution in [3.05, 3.63) is 30.1 Å². The molecule has 1 N–H and O–H groups in total. The van der Waals surface area contributed by atoms with Gasteiger partial charge in [-0.15, -0.1) is 0 Å². The Hall–Kier alpha value is -2.37. The summed E-state index contributed by atoms with van der Waals surface area (Å²) in [5.74, 6) is 2.36. The highest BCUT2D eigenvalue weighted by Crippen LogP contribution is 2.29. The first-order valence-electron chi connectivity index (χ1n) is 6.70. The van der Waals surface area contributed by atoms with Crippen LogP contribution in [-0.2, 0) is 13.6 Å². The largest absolute Gasteiger partial charge is 0.493 e. The molecule has 6 heteroatoms. The highest BCUT2D eigenvalue weighted by atomic mass is 16.5. The molecular formula is C15H22N4O2. The number of methoxy groups -OCH3 is 2. The highest BCUT2D eigenvalue weighted by Gasteiger charge is 2.09. The standard InChI is InChI=1S/C15H22N4O2/c1-18(2)15-17-10-12(19(15)3)9-16-11-6-7-13(20-4)14(8-11)21-5/h6-8,10,16H,9H2,1-5H3. The molecule has 1 aromatic carbocycles. The van der Waals surface area contributed by atoms with Crippen molar-refractivity contribution in [3.8, 4) is 11.5 Å². The minimum Gasteiger partial charge on any atom is -0.493 e. The number of nitrogens with one attached hydrogen (secondary N) is 1. The van der Waals surface area contributed by atoms with Crippen molar-refractivity contribution in [2.45, 2.75) is 6.54 Å². The lowest BCUT2D eigenvalue weighted by molar-refractivity contribution is 0.355. The van der Waals surface area contributed by atoms with Gasteiger partial charge in [0.25, 0.3) is 0 Å². The van der Waals surface area contributed by atoms with E-state index in [4.69, 9.17) is 9.47 Å². The molecule has 6 nitrogen and oxygen atoms in total. The Labute approximate surface area is 125 Å². The number of rotatable bonds is 6. The minimum absolute atomic E-state index is 0.687. The van der Waals surface area contributed by atoms with Crippen LogP contribution in [0.5, 0.6) is 11.5 Å². The fraction of sp³-hybridized carbons (Fsp3) is 0.400. The maximum absolute atomic E-state index is 5.30. The summed E-state index contributed by atoms with van der Waals surface area (Å²) in [5.41, 5.74) is 2.08. The van der Waals surface area contributed by atoms with Gasteiger partial charge in [-0.1, -0.05) is 0 Å². The Balaban J connectivity index is 2.10. The summed E-state index contributed by atoms with van der Waals surface area (Å²) in [6.07, 6.45) is 1.88. The van der Waals surface area contributed by atoms with Crippen molar-refractivity contribution in [2.75, 3.05) is 38.5 Å². The van der Waals surface area contributed by atoms with Crippen molar-refractivity contribution in [1.82, 2.24) is 9.55 Å². The van der Waals surface area contributed by atoms with Gasteiger partial charge in [-0.25, -0.2) is 4.98 Å². The molecule has 0 saturated carbocycles. The van der Waals surface area contributed by atoms with E-state index < -0.39 is 0 Å². The van der Waals surface area contributed by atoms with E-state index in [0.29, 0.717) is 12.3 Å². The normalized spacial score (nSPS) is 10.3. The highest BCUT2D eigenvalue weighted by molar-refractivity contribution is 5.54. The Morgan fingerprint density at radius 3 is 2.48 bits per heavy atom. The van der Waals surface area contributed by atoms with Crippen molar-refractivity contribution in [2.24, 2.45) is 7.05 Å². The molecule has 0 saturated heterocycles. The molecular weight excluding hydrogens is 268 g/mol. The summed E-state index contributed by atoms with van der Waals surface area (Å²) in [7, 11) is 9.23. The zero-order valence-electron chi connectivity index (χ0n) is 13.2. The number of anilines is 2. The Bertz CT molecular complexity index is 608. The summed E-state index contributed by atoms with van der Waals surface area (Å²) >= 11 is 0. The molecule has 0 aliphatic rings. The second-order valence-electron chi connectivity index (χ2n) is 4.93. The second kappa shape index (κ2) is 6.39. The summed E-state index contributed by atoms with van der Waals surface area (Å²) < 4.78 is 12.6. The molecule has 0 fully saturated rings. The van der Waals surface area contributed by atoms with Crippen LogP contribution < -0.4 is 19.7 Å². The molecule has 0 bridgehead atoms. The van der Waals surface area contributed by atoms with Gasteiger partial charge in [-0.3, -0.25) is 0 Å². The number of nitrogens with zero attached hydrogens (tertiary/aromatic N) is 3. The minimum atomic E-state index is 0.687. The van der Waals surface area contributed by atoms with Gasteiger partial charge >= 0.3 is 0 Å². The third-order valence-corrected chi connectivity index (χ3v) is 3.32. The summed E-state index contributed by atoms with van der Waals surface area (Å²) in [4.78, 5) is 6.38. The van der Waals surface area contributed by atoms with Crippen LogP contribution in [0.2, 0.25) is 0 Å². The lowest BCUT2D eigenvalue weighted by Gasteiger charge is -2.14. The lowest BCUT2D eigenvalue weighted by Crippen LogP contribution is -2.15. The number of hydrogen-bond donors (Lipinski definition) is 1. The molecule has 0 aliphatic carbocycles. The Morgan fingerprint density at radius 1 is 1.19 bits per heavy atom. The van der Waals surface area contributed by atoms with Gasteiger partial charge in [0.05, 0.1) is 32.7 Å². The van der Waals surface area contributed by atoms with E-state index >= 15 is 0 Å². The SMILES string of the molecule is COc1ccc(NCc2cnc(N(C)C)n2C)cc1OC. The first-order chi connectivity index (χ1) is 10.1. The van der Waals surface area contributed by atoms with Gasteiger partial charge in [-0.2, -0.15) is 0 Å². The van der Waals surface area contributed by atoms with Gasteiger partial charge in [0.1, 0.15) is 0 Å². The quantitative estimate of drug-likeness (QED) is 0.883. The monoisotopic (exact) mass is 290 g/mol. The third kappa shape index (κ3) is 3.21. The molecule has 114 valence electrons. The molecule has 0 unspecified atom stereocenters. The predicted octanol–water partition coefficient (Wildman–Crippen LogP) is 2.12. The third-order valence-electron chi connectivity index (χ3n) is 3.32. The summed E-state index contributed by atoms with van der Waals surface area (Å²) in [5, 5.41) is 3.37. The zero-order chi connectivity index (χ0) is 15.4. The topological polar surface area (TPSA) is 51.5 Å². The van der Waals surface area contributed by atoms with E-state index in [-0.39, 0.29) is 0 Å². The number of benzene rings is 1. The molecule has 0 atom stereocenters. The number of hydrogen-bond acceptors (Lipinski definition) is 5. The van der Waals surface area contributed by atoms with E-state index in [1.54, 1.807) is 14.2 Å². The van der Waals surface area contributed by atoms with Crippen molar-refractivity contribution < 1.29 is 9.47 Å². The molecule has 2 rings (SSSR count). The maximum atomic E-state index is 5.30. The molecule has 0 aliphatic heterocycles. The number of imidazole rings is 1. The molecule has 1 aromatic heterocycles. The summed E-state index contributed by atoms with van der Waals surface area (Å²) in [6, 6.07) is 5.77. The molecule has 21 heavy (non-hydrogen) atoms. The van der Waals surface area contributed by atoms with Gasteiger partial charge in [-0.05, 0) is 12.1 Å². The van der Waals surface area contributed by atoms with Gasteiger partial charge < -0.3 is 24.3 Å². The smallest absolute Gasteiger partial charge is 0.204 e. The Kier molecular flexibility index (Phi) is 4.57. The van der Waals surface area contributed by atoms with Crippen molar-refractivity contribution in [3.63, 3.8) is 0 Å². The predicted molar refractivity (Wildman–Crippen MR) is 84.4 cm³/mol. The van der Waals surface area contributed by atoms with E-state index in [0.717, 1.165) is 23.1 Å². The summed E-state index contributed by atoms with van der Waals surface area (Å²) in [6.45, 7) is 0.687. The number of ether oxygens (including phenoxy) is 2. The van der Waals surface area contributed by atoms with E-state index in [1.807, 2.05) is 50.4 Å². The van der Waals surface area contributed by atoms with E-state index in [2.05, 4.69) is 14.9 Å². The van der Waals surface area contributed by atoms with Gasteiger partial charge in [0.15, 0.2) is 11.5 Å². The Morgan fingerprint density at radius 2 is 1.90 bits per heavy atom. The van der Waals surface area contributed by atoms with Crippen LogP contribution in [0.4, 0.5) is 11.6 Å². The number of aromatic nitrogens is 2. The van der Waals surface area contributed by atoms with Crippen LogP contribution in [-0.4, -0.2) is 37.9 Å². The van der Waals surface area contributed by atoms with Crippen LogP contribution in [0.25, 0.3) is 0 Å². The molecule has 2 aromatic rings. The average molecular weight is 290 g/mol. The maximum Gasteiger partial charge on any atom is 0.204 e. The van der Waals surface area contributed by atoms with Crippen LogP contribution in [0.1, 0.15) is 5.69 Å². The molecule has 0 spiro atoms. The van der Waals surface area contributed by atoms with Crippen LogP contribution in [0.3, 0.4) is 0 Å². The van der Waals surface area contributed by atoms with Crippen LogP contribution in [0, 0.1) is 0 Å².